The number of benzene rings is 2. The molecule has 0 bridgehead atoms. The molecule has 2 rings (SSSR count). The van der Waals surface area contributed by atoms with Gasteiger partial charge in [-0.3, -0.25) is 0 Å². The molecule has 0 heterocycles. The maximum atomic E-state index is 2.24. The van der Waals surface area contributed by atoms with Gasteiger partial charge in [0, 0.05) is 0 Å². The molecule has 0 saturated heterocycles. The Morgan fingerprint density at radius 2 is 1.55 bits per heavy atom. The van der Waals surface area contributed by atoms with Crippen molar-refractivity contribution in [3.05, 3.63) is 42.5 Å². The van der Waals surface area contributed by atoms with Crippen LogP contribution in [0.2, 0.25) is 0 Å². The third-order valence-electron chi connectivity index (χ3n) is 1.75. The molecule has 51 valence electrons. The molecule has 0 unspecified atom stereocenters. The van der Waals surface area contributed by atoms with E-state index in [9.17, 15) is 0 Å². The van der Waals surface area contributed by atoms with E-state index in [4.69, 9.17) is 0 Å². The van der Waals surface area contributed by atoms with Gasteiger partial charge in [-0.15, -0.1) is 0 Å². The molecule has 0 aliphatic carbocycles. The summed E-state index contributed by atoms with van der Waals surface area (Å²) in [5, 5.41) is 2.68. The quantitative estimate of drug-likeness (QED) is 0.619. The second-order valence-electron chi connectivity index (χ2n) is 2.56. The second kappa shape index (κ2) is 2.86. The molecule has 0 aromatic heterocycles. The minimum absolute atomic E-state index is 1.33. The Bertz CT molecular complexity index is 379. The fraction of sp³-hybridized carbons (Fsp3) is 0. The van der Waals surface area contributed by atoms with Crippen molar-refractivity contribution in [1.29, 1.82) is 0 Å². The Hall–Kier alpha value is -0.501. The van der Waals surface area contributed by atoms with Crippen LogP contribution in [-0.4, -0.2) is 22.5 Å². The molecule has 0 aliphatic rings. The molecule has 0 aliphatic heterocycles. The van der Waals surface area contributed by atoms with E-state index in [-0.39, 0.29) is 0 Å². The Morgan fingerprint density at radius 1 is 0.818 bits per heavy atom. The summed E-state index contributed by atoms with van der Waals surface area (Å²) in [5.74, 6) is 0. The van der Waals surface area contributed by atoms with Gasteiger partial charge in [-0.1, -0.05) is 0 Å². The van der Waals surface area contributed by atoms with Crippen molar-refractivity contribution in [1.82, 2.24) is 0 Å². The summed E-state index contributed by atoms with van der Waals surface area (Å²) in [6.07, 6.45) is 0. The number of rotatable bonds is 0. The topological polar surface area (TPSA) is 0 Å². The summed E-state index contributed by atoms with van der Waals surface area (Å²) >= 11 is 1.49. The fourth-order valence-corrected chi connectivity index (χ4v) is 1.87. The van der Waals surface area contributed by atoms with E-state index < -0.39 is 0 Å². The fourth-order valence-electron chi connectivity index (χ4n) is 1.19. The predicted octanol–water partition coefficient (Wildman–Crippen LogP) is 1.63. The zero-order valence-electron chi connectivity index (χ0n) is 6.04. The van der Waals surface area contributed by atoms with Crippen molar-refractivity contribution in [3.8, 4) is 0 Å². The van der Waals surface area contributed by atoms with Gasteiger partial charge in [-0.2, -0.15) is 0 Å². The summed E-state index contributed by atoms with van der Waals surface area (Å²) in [5.41, 5.74) is 0. The molecule has 0 saturated carbocycles. The van der Waals surface area contributed by atoms with Crippen LogP contribution in [0.25, 0.3) is 10.8 Å². The first-order valence-electron chi connectivity index (χ1n) is 3.57. The van der Waals surface area contributed by atoms with E-state index in [0.717, 1.165) is 0 Å². The van der Waals surface area contributed by atoms with Gasteiger partial charge in [0.05, 0.1) is 0 Å². The van der Waals surface area contributed by atoms with Crippen molar-refractivity contribution in [3.63, 3.8) is 0 Å². The molecule has 11 heavy (non-hydrogen) atoms. The zero-order valence-corrected chi connectivity index (χ0v) is 8.90. The SMILES string of the molecule is [Sn][c]1ccc2ccccc2c1. The molecule has 0 fully saturated rings. The first kappa shape index (κ1) is 7.16. The van der Waals surface area contributed by atoms with Crippen molar-refractivity contribution in [2.24, 2.45) is 0 Å². The first-order valence-corrected chi connectivity index (χ1v) is 4.99. The average Bonchev–Trinajstić information content (AvgIpc) is 2.04. The Labute approximate surface area is 79.3 Å². The van der Waals surface area contributed by atoms with E-state index >= 15 is 0 Å². The third-order valence-corrected chi connectivity index (χ3v) is 2.64. The van der Waals surface area contributed by atoms with E-state index in [1.54, 1.807) is 0 Å². The van der Waals surface area contributed by atoms with Crippen LogP contribution >= 0.6 is 0 Å². The van der Waals surface area contributed by atoms with Gasteiger partial charge < -0.3 is 0 Å². The molecule has 1 heteroatoms. The number of hydrogen-bond acceptors (Lipinski definition) is 0. The molecular weight excluding hydrogens is 239 g/mol. The van der Waals surface area contributed by atoms with Crippen LogP contribution in [0.3, 0.4) is 0 Å². The average molecular weight is 246 g/mol. The maximum absolute atomic E-state index is 2.24. The van der Waals surface area contributed by atoms with Crippen LogP contribution in [0.15, 0.2) is 42.5 Å². The first-order chi connectivity index (χ1) is 5.36. The van der Waals surface area contributed by atoms with Crippen LogP contribution in [-0.2, 0) is 0 Å². The number of fused-ring (bicyclic) bond motifs is 1. The van der Waals surface area contributed by atoms with E-state index in [2.05, 4.69) is 42.5 Å². The van der Waals surface area contributed by atoms with Gasteiger partial charge in [-0.25, -0.2) is 0 Å². The molecule has 0 amide bonds. The van der Waals surface area contributed by atoms with Gasteiger partial charge in [0.1, 0.15) is 0 Å². The molecule has 0 atom stereocenters. The standard InChI is InChI=1S/C10H7.Sn/c1-2-6-10-8-4-3-7-9(10)5-1;/h1-3,5-8H;. The number of hydrogen-bond donors (Lipinski definition) is 0. The van der Waals surface area contributed by atoms with E-state index in [0.29, 0.717) is 0 Å². The van der Waals surface area contributed by atoms with Crippen molar-refractivity contribution in [2.75, 3.05) is 0 Å². The van der Waals surface area contributed by atoms with Gasteiger partial charge >= 0.3 is 79.3 Å². The molecule has 2 aromatic carbocycles. The Balaban J connectivity index is 2.83. The van der Waals surface area contributed by atoms with Gasteiger partial charge in [0.15, 0.2) is 0 Å². The molecular formula is C10H7Sn. The van der Waals surface area contributed by atoms with Crippen LogP contribution in [0.5, 0.6) is 0 Å². The summed E-state index contributed by atoms with van der Waals surface area (Å²) in [4.78, 5) is 0. The van der Waals surface area contributed by atoms with Crippen LogP contribution in [0.4, 0.5) is 0 Å². The minimum atomic E-state index is 1.33. The molecule has 0 spiro atoms. The van der Waals surface area contributed by atoms with Crippen LogP contribution < -0.4 is 3.58 Å². The molecule has 3 radical (unpaired) electrons. The Morgan fingerprint density at radius 3 is 2.36 bits per heavy atom. The zero-order chi connectivity index (χ0) is 7.68. The molecule has 0 nitrogen and oxygen atoms in total. The van der Waals surface area contributed by atoms with Crippen molar-refractivity contribution < 1.29 is 0 Å². The van der Waals surface area contributed by atoms with Gasteiger partial charge in [-0.05, 0) is 0 Å². The van der Waals surface area contributed by atoms with E-state index in [1.165, 1.54) is 36.9 Å². The predicted molar refractivity (Wildman–Crippen MR) is 49.3 cm³/mol. The van der Waals surface area contributed by atoms with Gasteiger partial charge in [0.2, 0.25) is 0 Å². The second-order valence-corrected chi connectivity index (χ2v) is 4.21. The summed E-state index contributed by atoms with van der Waals surface area (Å²) in [6, 6.07) is 15.1. The summed E-state index contributed by atoms with van der Waals surface area (Å²) in [6.45, 7) is 0. The normalized spacial score (nSPS) is 10.3. The molecule has 0 N–H and O–H groups in total. The van der Waals surface area contributed by atoms with Crippen molar-refractivity contribution in [2.45, 2.75) is 0 Å². The third kappa shape index (κ3) is 1.40. The van der Waals surface area contributed by atoms with Crippen LogP contribution in [0.1, 0.15) is 0 Å². The summed E-state index contributed by atoms with van der Waals surface area (Å²) in [7, 11) is 0. The summed E-state index contributed by atoms with van der Waals surface area (Å²) < 4.78 is 1.41. The monoisotopic (exact) mass is 247 g/mol. The van der Waals surface area contributed by atoms with Crippen molar-refractivity contribution >= 4 is 36.9 Å². The Kier molecular flexibility index (Phi) is 1.86. The molecule has 2 aromatic rings. The van der Waals surface area contributed by atoms with E-state index in [1.807, 2.05) is 0 Å². The van der Waals surface area contributed by atoms with Gasteiger partial charge in [0.25, 0.3) is 0 Å². The van der Waals surface area contributed by atoms with Crippen LogP contribution in [0, 0.1) is 0 Å².